The first-order valence-electron chi connectivity index (χ1n) is 7.23. The zero-order valence-corrected chi connectivity index (χ0v) is 13.8. The molecular formula is C18H16N2O2S. The first-order chi connectivity index (χ1) is 10.9. The van der Waals surface area contributed by atoms with Crippen LogP contribution in [0.2, 0.25) is 0 Å². The highest BCUT2D eigenvalue weighted by Gasteiger charge is 2.20. The van der Waals surface area contributed by atoms with Gasteiger partial charge in [-0.2, -0.15) is 5.26 Å². The quantitative estimate of drug-likeness (QED) is 0.740. The van der Waals surface area contributed by atoms with Crippen molar-refractivity contribution in [1.29, 1.82) is 5.26 Å². The van der Waals surface area contributed by atoms with Crippen LogP contribution in [0, 0.1) is 25.2 Å². The van der Waals surface area contributed by atoms with Gasteiger partial charge < -0.3 is 0 Å². The number of fused-ring (bicyclic) bond motifs is 1. The van der Waals surface area contributed by atoms with Crippen molar-refractivity contribution in [1.82, 2.24) is 3.97 Å². The number of rotatable bonds is 3. The van der Waals surface area contributed by atoms with Gasteiger partial charge in [-0.05, 0) is 43.2 Å². The average Bonchev–Trinajstić information content (AvgIpc) is 2.85. The molecule has 0 aliphatic heterocycles. The summed E-state index contributed by atoms with van der Waals surface area (Å²) in [6, 6.07) is 14.4. The standard InChI is InChI=1S/C18H16N2O2S/c1-13-3-6-16(7-4-13)23(21,22)20-12-14(2)17-8-5-15(9-10-19)11-18(17)20/h3-8,11-12H,9H2,1-2H3. The van der Waals surface area contributed by atoms with E-state index in [0.717, 1.165) is 22.1 Å². The summed E-state index contributed by atoms with van der Waals surface area (Å²) >= 11 is 0. The highest BCUT2D eigenvalue weighted by atomic mass is 32.2. The van der Waals surface area contributed by atoms with Crippen LogP contribution in [0.5, 0.6) is 0 Å². The summed E-state index contributed by atoms with van der Waals surface area (Å²) < 4.78 is 27.2. The van der Waals surface area contributed by atoms with Crippen LogP contribution in [0.3, 0.4) is 0 Å². The number of benzene rings is 2. The smallest absolute Gasteiger partial charge is 0.241 e. The minimum Gasteiger partial charge on any atom is -0.241 e. The van der Waals surface area contributed by atoms with E-state index >= 15 is 0 Å². The van der Waals surface area contributed by atoms with E-state index in [-0.39, 0.29) is 11.3 Å². The number of hydrogen-bond donors (Lipinski definition) is 0. The fourth-order valence-electron chi connectivity index (χ4n) is 2.63. The zero-order valence-electron chi connectivity index (χ0n) is 12.9. The largest absolute Gasteiger partial charge is 0.268 e. The Morgan fingerprint density at radius 3 is 2.43 bits per heavy atom. The Kier molecular flexibility index (Phi) is 3.70. The lowest BCUT2D eigenvalue weighted by Crippen LogP contribution is -2.11. The van der Waals surface area contributed by atoms with Gasteiger partial charge in [-0.25, -0.2) is 12.4 Å². The molecule has 0 unspecified atom stereocenters. The zero-order chi connectivity index (χ0) is 16.6. The lowest BCUT2D eigenvalue weighted by molar-refractivity contribution is 0.589. The minimum absolute atomic E-state index is 0.255. The van der Waals surface area contributed by atoms with Gasteiger partial charge in [-0.3, -0.25) is 0 Å². The van der Waals surface area contributed by atoms with Gasteiger partial charge in [0.05, 0.1) is 22.9 Å². The van der Waals surface area contributed by atoms with Crippen LogP contribution in [0.25, 0.3) is 10.9 Å². The van der Waals surface area contributed by atoms with Gasteiger partial charge in [-0.1, -0.05) is 29.8 Å². The summed E-state index contributed by atoms with van der Waals surface area (Å²) in [4.78, 5) is 0.255. The SMILES string of the molecule is Cc1ccc(S(=O)(=O)n2cc(C)c3ccc(CC#N)cc32)cc1. The molecule has 1 heterocycles. The highest BCUT2D eigenvalue weighted by Crippen LogP contribution is 2.26. The average molecular weight is 324 g/mol. The van der Waals surface area contributed by atoms with Crippen LogP contribution >= 0.6 is 0 Å². The van der Waals surface area contributed by atoms with Gasteiger partial charge in [0.25, 0.3) is 10.0 Å². The van der Waals surface area contributed by atoms with Crippen LogP contribution in [-0.4, -0.2) is 12.4 Å². The second kappa shape index (κ2) is 5.56. The predicted octanol–water partition coefficient (Wildman–Crippen LogP) is 3.56. The normalized spacial score (nSPS) is 11.5. The van der Waals surface area contributed by atoms with Crippen LogP contribution in [0.4, 0.5) is 0 Å². The number of hydrogen-bond acceptors (Lipinski definition) is 3. The van der Waals surface area contributed by atoms with Gasteiger partial charge in [0.1, 0.15) is 0 Å². The first-order valence-corrected chi connectivity index (χ1v) is 8.67. The lowest BCUT2D eigenvalue weighted by atomic mass is 10.1. The van der Waals surface area contributed by atoms with E-state index < -0.39 is 10.0 Å². The topological polar surface area (TPSA) is 62.9 Å². The van der Waals surface area contributed by atoms with Crippen molar-refractivity contribution < 1.29 is 8.42 Å². The molecule has 0 spiro atoms. The molecule has 0 saturated heterocycles. The van der Waals surface area contributed by atoms with Crippen molar-refractivity contribution in [2.45, 2.75) is 25.2 Å². The highest BCUT2D eigenvalue weighted by molar-refractivity contribution is 7.90. The Balaban J connectivity index is 2.24. The maximum atomic E-state index is 12.9. The van der Waals surface area contributed by atoms with Gasteiger partial charge in [-0.15, -0.1) is 0 Å². The third-order valence-electron chi connectivity index (χ3n) is 3.90. The molecule has 0 saturated carbocycles. The molecule has 4 nitrogen and oxygen atoms in total. The molecule has 0 aliphatic rings. The molecule has 0 fully saturated rings. The molecule has 0 atom stereocenters. The third kappa shape index (κ3) is 2.62. The molecule has 3 aromatic rings. The molecule has 0 bridgehead atoms. The predicted molar refractivity (Wildman–Crippen MR) is 89.8 cm³/mol. The summed E-state index contributed by atoms with van der Waals surface area (Å²) in [5.41, 5.74) is 3.31. The second-order valence-electron chi connectivity index (χ2n) is 5.61. The summed E-state index contributed by atoms with van der Waals surface area (Å²) in [5.74, 6) is 0. The molecule has 0 N–H and O–H groups in total. The Hall–Kier alpha value is -2.58. The number of nitriles is 1. The monoisotopic (exact) mass is 324 g/mol. The molecule has 116 valence electrons. The number of aromatic nitrogens is 1. The van der Waals surface area contributed by atoms with Crippen molar-refractivity contribution >= 4 is 20.9 Å². The third-order valence-corrected chi connectivity index (χ3v) is 5.58. The minimum atomic E-state index is -3.66. The summed E-state index contributed by atoms with van der Waals surface area (Å²) in [6.45, 7) is 3.80. The van der Waals surface area contributed by atoms with E-state index in [4.69, 9.17) is 5.26 Å². The van der Waals surface area contributed by atoms with Crippen molar-refractivity contribution in [3.05, 3.63) is 65.4 Å². The van der Waals surface area contributed by atoms with E-state index in [1.165, 1.54) is 3.97 Å². The maximum Gasteiger partial charge on any atom is 0.268 e. The molecule has 5 heteroatoms. The number of nitrogens with zero attached hydrogens (tertiary/aromatic N) is 2. The lowest BCUT2D eigenvalue weighted by Gasteiger charge is -2.08. The molecule has 23 heavy (non-hydrogen) atoms. The van der Waals surface area contributed by atoms with E-state index in [2.05, 4.69) is 6.07 Å². The van der Waals surface area contributed by atoms with Crippen LogP contribution in [0.15, 0.2) is 53.6 Å². The molecular weight excluding hydrogens is 308 g/mol. The van der Waals surface area contributed by atoms with Gasteiger partial charge in [0.15, 0.2) is 0 Å². The molecule has 0 radical (unpaired) electrons. The summed E-state index contributed by atoms with van der Waals surface area (Å²) in [6.07, 6.45) is 1.89. The second-order valence-corrected chi connectivity index (χ2v) is 7.43. The van der Waals surface area contributed by atoms with Crippen LogP contribution in [-0.2, 0) is 16.4 Å². The summed E-state index contributed by atoms with van der Waals surface area (Å²) in [5, 5.41) is 9.73. The molecule has 3 rings (SSSR count). The molecule has 0 aliphatic carbocycles. The molecule has 2 aromatic carbocycles. The fraction of sp³-hybridized carbons (Fsp3) is 0.167. The maximum absolute atomic E-state index is 12.9. The Bertz CT molecular complexity index is 1020. The first kappa shape index (κ1) is 15.3. The Morgan fingerprint density at radius 2 is 1.78 bits per heavy atom. The van der Waals surface area contributed by atoms with E-state index in [1.54, 1.807) is 36.5 Å². The van der Waals surface area contributed by atoms with E-state index in [0.29, 0.717) is 5.52 Å². The van der Waals surface area contributed by atoms with Crippen LogP contribution < -0.4 is 0 Å². The fourth-order valence-corrected chi connectivity index (χ4v) is 4.05. The van der Waals surface area contributed by atoms with E-state index in [1.807, 2.05) is 26.0 Å². The number of aryl methyl sites for hydroxylation is 2. The molecule has 1 aromatic heterocycles. The molecule has 0 amide bonds. The van der Waals surface area contributed by atoms with Crippen molar-refractivity contribution in [2.24, 2.45) is 0 Å². The van der Waals surface area contributed by atoms with Gasteiger partial charge in [0, 0.05) is 11.6 Å². The Labute approximate surface area is 135 Å². The Morgan fingerprint density at radius 1 is 1.09 bits per heavy atom. The van der Waals surface area contributed by atoms with Crippen molar-refractivity contribution in [3.8, 4) is 6.07 Å². The van der Waals surface area contributed by atoms with Crippen molar-refractivity contribution in [3.63, 3.8) is 0 Å². The van der Waals surface area contributed by atoms with Gasteiger partial charge in [0.2, 0.25) is 0 Å². The summed E-state index contributed by atoms with van der Waals surface area (Å²) in [7, 11) is -3.66. The van der Waals surface area contributed by atoms with E-state index in [9.17, 15) is 8.42 Å². The van der Waals surface area contributed by atoms with Gasteiger partial charge >= 0.3 is 0 Å². The van der Waals surface area contributed by atoms with Crippen molar-refractivity contribution in [2.75, 3.05) is 0 Å². The van der Waals surface area contributed by atoms with Crippen LogP contribution in [0.1, 0.15) is 16.7 Å².